The molecule has 0 saturated heterocycles. The molecule has 0 bridgehead atoms. The van der Waals surface area contributed by atoms with Gasteiger partial charge in [0, 0.05) is 0 Å². The largest absolute Gasteiger partial charge is 0.444 e. The molecule has 3 nitrogen and oxygen atoms in total. The van der Waals surface area contributed by atoms with E-state index < -0.39 is 29.0 Å². The van der Waals surface area contributed by atoms with E-state index in [4.69, 9.17) is 16.3 Å². The van der Waals surface area contributed by atoms with Crippen LogP contribution in [0.15, 0.2) is 12.1 Å². The summed E-state index contributed by atoms with van der Waals surface area (Å²) in [5, 5.41) is 1.97. The van der Waals surface area contributed by atoms with E-state index in [2.05, 4.69) is 5.32 Å². The predicted octanol–water partition coefficient (Wildman–Crippen LogP) is 3.97. The number of hydrogen-bond acceptors (Lipinski definition) is 2. The topological polar surface area (TPSA) is 38.3 Å². The van der Waals surface area contributed by atoms with Crippen molar-refractivity contribution >= 4 is 23.4 Å². The van der Waals surface area contributed by atoms with Crippen LogP contribution in [0.25, 0.3) is 0 Å². The quantitative estimate of drug-likeness (QED) is 0.779. The van der Waals surface area contributed by atoms with Gasteiger partial charge < -0.3 is 4.74 Å². The van der Waals surface area contributed by atoms with E-state index in [0.29, 0.717) is 0 Å². The Balaban J connectivity index is 2.89. The summed E-state index contributed by atoms with van der Waals surface area (Å²) in [6.45, 7) is 4.95. The number of halogens is 3. The van der Waals surface area contributed by atoms with Crippen LogP contribution in [0.4, 0.5) is 19.3 Å². The molecule has 0 aliphatic rings. The maximum atomic E-state index is 13.3. The molecule has 0 radical (unpaired) electrons. The van der Waals surface area contributed by atoms with Gasteiger partial charge in [0.1, 0.15) is 11.3 Å². The first-order chi connectivity index (χ1) is 7.70. The minimum Gasteiger partial charge on any atom is -0.444 e. The van der Waals surface area contributed by atoms with Crippen LogP contribution in [0, 0.1) is 11.6 Å². The number of hydrogen-bond donors (Lipinski definition) is 1. The maximum absolute atomic E-state index is 13.3. The lowest BCUT2D eigenvalue weighted by molar-refractivity contribution is 0.0635. The molecular formula is C11H12ClF2NO2. The second-order valence-corrected chi connectivity index (χ2v) is 4.75. The van der Waals surface area contributed by atoms with E-state index in [0.717, 1.165) is 12.1 Å². The van der Waals surface area contributed by atoms with E-state index in [9.17, 15) is 13.6 Å². The van der Waals surface area contributed by atoms with Crippen LogP contribution in [0.5, 0.6) is 0 Å². The van der Waals surface area contributed by atoms with Gasteiger partial charge in [-0.15, -0.1) is 0 Å². The van der Waals surface area contributed by atoms with Gasteiger partial charge in [0.15, 0.2) is 11.6 Å². The van der Waals surface area contributed by atoms with E-state index in [1.54, 1.807) is 20.8 Å². The normalized spacial score (nSPS) is 11.2. The van der Waals surface area contributed by atoms with E-state index in [1.165, 1.54) is 0 Å². The Morgan fingerprint density at radius 2 is 1.94 bits per heavy atom. The van der Waals surface area contributed by atoms with Gasteiger partial charge in [-0.25, -0.2) is 13.6 Å². The number of ether oxygens (including phenoxy) is 1. The summed E-state index contributed by atoms with van der Waals surface area (Å²) < 4.78 is 31.1. The molecule has 0 aliphatic heterocycles. The standard InChI is InChI=1S/C11H12ClF2NO2/c1-11(2,3)17-10(16)15-9-6(12)4-5-7(13)8(9)14/h4-5H,1-3H3,(H,15,16). The van der Waals surface area contributed by atoms with Crippen LogP contribution >= 0.6 is 11.6 Å². The fourth-order valence-electron chi connectivity index (χ4n) is 1.05. The number of amides is 1. The van der Waals surface area contributed by atoms with Crippen LogP contribution in [0.3, 0.4) is 0 Å². The number of carbonyl (C=O) groups excluding carboxylic acids is 1. The van der Waals surface area contributed by atoms with Crippen LogP contribution in [-0.2, 0) is 4.74 Å². The van der Waals surface area contributed by atoms with Crippen molar-refractivity contribution < 1.29 is 18.3 Å². The highest BCUT2D eigenvalue weighted by molar-refractivity contribution is 6.33. The molecule has 17 heavy (non-hydrogen) atoms. The van der Waals surface area contributed by atoms with E-state index in [-0.39, 0.29) is 5.02 Å². The van der Waals surface area contributed by atoms with Gasteiger partial charge in [0.25, 0.3) is 0 Å². The van der Waals surface area contributed by atoms with Crippen LogP contribution in [0.2, 0.25) is 5.02 Å². The van der Waals surface area contributed by atoms with Crippen LogP contribution in [-0.4, -0.2) is 11.7 Å². The molecule has 0 unspecified atom stereocenters. The van der Waals surface area contributed by atoms with Gasteiger partial charge in [-0.05, 0) is 32.9 Å². The van der Waals surface area contributed by atoms with Crippen molar-refractivity contribution in [3.8, 4) is 0 Å². The summed E-state index contributed by atoms with van der Waals surface area (Å²) in [7, 11) is 0. The Bertz CT molecular complexity index is 444. The van der Waals surface area contributed by atoms with E-state index in [1.807, 2.05) is 0 Å². The SMILES string of the molecule is CC(C)(C)OC(=O)Nc1c(Cl)ccc(F)c1F. The van der Waals surface area contributed by atoms with Gasteiger partial charge in [-0.3, -0.25) is 5.32 Å². The fourth-order valence-corrected chi connectivity index (χ4v) is 1.24. The van der Waals surface area contributed by atoms with Gasteiger partial charge in [-0.2, -0.15) is 0 Å². The van der Waals surface area contributed by atoms with Crippen molar-refractivity contribution in [2.75, 3.05) is 5.32 Å². The number of rotatable bonds is 1. The first-order valence-electron chi connectivity index (χ1n) is 4.84. The molecule has 1 aromatic carbocycles. The molecule has 6 heteroatoms. The lowest BCUT2D eigenvalue weighted by atomic mass is 10.2. The molecule has 1 rings (SSSR count). The molecular weight excluding hydrogens is 252 g/mol. The molecule has 0 heterocycles. The Hall–Kier alpha value is -1.36. The zero-order valence-electron chi connectivity index (χ0n) is 9.61. The third-order valence-electron chi connectivity index (χ3n) is 1.67. The molecule has 0 aliphatic carbocycles. The van der Waals surface area contributed by atoms with Crippen LogP contribution in [0.1, 0.15) is 20.8 Å². The summed E-state index contributed by atoms with van der Waals surface area (Å²) in [4.78, 5) is 11.4. The summed E-state index contributed by atoms with van der Waals surface area (Å²) >= 11 is 5.64. The summed E-state index contributed by atoms with van der Waals surface area (Å²) in [5.41, 5.74) is -1.17. The smallest absolute Gasteiger partial charge is 0.412 e. The summed E-state index contributed by atoms with van der Waals surface area (Å²) in [6, 6.07) is 2.02. The number of nitrogens with one attached hydrogen (secondary N) is 1. The summed E-state index contributed by atoms with van der Waals surface area (Å²) in [5.74, 6) is -2.32. The summed E-state index contributed by atoms with van der Waals surface area (Å²) in [6.07, 6.45) is -0.899. The van der Waals surface area contributed by atoms with Gasteiger partial charge >= 0.3 is 6.09 Å². The molecule has 1 aromatic rings. The minimum absolute atomic E-state index is 0.102. The van der Waals surface area contributed by atoms with Crippen molar-refractivity contribution in [2.45, 2.75) is 26.4 Å². The Labute approximate surface area is 103 Å². The molecule has 0 fully saturated rings. The van der Waals surface area contributed by atoms with Gasteiger partial charge in [-0.1, -0.05) is 11.6 Å². The van der Waals surface area contributed by atoms with Gasteiger partial charge in [0.05, 0.1) is 5.02 Å². The maximum Gasteiger partial charge on any atom is 0.412 e. The lowest BCUT2D eigenvalue weighted by Crippen LogP contribution is -2.27. The van der Waals surface area contributed by atoms with Gasteiger partial charge in [0.2, 0.25) is 0 Å². The zero-order valence-corrected chi connectivity index (χ0v) is 10.4. The van der Waals surface area contributed by atoms with E-state index >= 15 is 0 Å². The molecule has 1 N–H and O–H groups in total. The third kappa shape index (κ3) is 3.85. The average molecular weight is 264 g/mol. The van der Waals surface area contributed by atoms with Crippen molar-refractivity contribution in [1.82, 2.24) is 0 Å². The second kappa shape index (κ2) is 4.87. The highest BCUT2D eigenvalue weighted by atomic mass is 35.5. The highest BCUT2D eigenvalue weighted by Crippen LogP contribution is 2.27. The fraction of sp³-hybridized carbons (Fsp3) is 0.364. The van der Waals surface area contributed by atoms with Crippen molar-refractivity contribution in [1.29, 1.82) is 0 Å². The van der Waals surface area contributed by atoms with Crippen molar-refractivity contribution in [3.63, 3.8) is 0 Å². The Kier molecular flexibility index (Phi) is 3.93. The second-order valence-electron chi connectivity index (χ2n) is 4.35. The van der Waals surface area contributed by atoms with Crippen LogP contribution < -0.4 is 5.32 Å². The monoisotopic (exact) mass is 263 g/mol. The number of benzene rings is 1. The average Bonchev–Trinajstić information content (AvgIpc) is 2.16. The van der Waals surface area contributed by atoms with Crippen molar-refractivity contribution in [2.24, 2.45) is 0 Å². The minimum atomic E-state index is -1.22. The highest BCUT2D eigenvalue weighted by Gasteiger charge is 2.20. The molecule has 0 atom stereocenters. The molecule has 1 amide bonds. The van der Waals surface area contributed by atoms with Crippen molar-refractivity contribution in [3.05, 3.63) is 28.8 Å². The Morgan fingerprint density at radius 1 is 1.35 bits per heavy atom. The zero-order chi connectivity index (χ0) is 13.2. The lowest BCUT2D eigenvalue weighted by Gasteiger charge is -2.20. The Morgan fingerprint density at radius 3 is 2.47 bits per heavy atom. The third-order valence-corrected chi connectivity index (χ3v) is 1.98. The number of anilines is 1. The molecule has 0 spiro atoms. The first kappa shape index (κ1) is 13.7. The predicted molar refractivity (Wildman–Crippen MR) is 61.2 cm³/mol. The molecule has 0 aromatic heterocycles. The number of carbonyl (C=O) groups is 1. The first-order valence-corrected chi connectivity index (χ1v) is 5.22. The molecule has 94 valence electrons. The molecule has 0 saturated carbocycles.